The van der Waals surface area contributed by atoms with Gasteiger partial charge in [0, 0.05) is 0 Å². The molecule has 0 spiro atoms. The molecule has 20 heavy (non-hydrogen) atoms. The Bertz CT molecular complexity index is 749. The number of aromatic carboxylic acids is 1. The molecule has 8 nitrogen and oxygen atoms in total. The molecule has 9 heteroatoms. The fourth-order valence-electron chi connectivity index (χ4n) is 1.58. The number of carbonyl (C=O) groups is 1. The maximum atomic E-state index is 11.6. The van der Waals surface area contributed by atoms with Crippen LogP contribution in [-0.4, -0.2) is 36.3 Å². The number of hydrogen-bond acceptors (Lipinski definition) is 5. The van der Waals surface area contributed by atoms with Crippen LogP contribution in [0.4, 0.5) is 5.69 Å². The molecule has 4 N–H and O–H groups in total. The highest BCUT2D eigenvalue weighted by atomic mass is 32.2. The molecule has 0 aliphatic carbocycles. The summed E-state index contributed by atoms with van der Waals surface area (Å²) in [4.78, 5) is 10.9. The van der Waals surface area contributed by atoms with Gasteiger partial charge in [0.1, 0.15) is 0 Å². The predicted molar refractivity (Wildman–Crippen MR) is 71.2 cm³/mol. The van der Waals surface area contributed by atoms with E-state index in [9.17, 15) is 13.2 Å². The smallest absolute Gasteiger partial charge is 0.358 e. The summed E-state index contributed by atoms with van der Waals surface area (Å²) in [5, 5.41) is 12.7. The van der Waals surface area contributed by atoms with E-state index in [0.717, 1.165) is 0 Å². The minimum atomic E-state index is -3.51. The second-order valence-electron chi connectivity index (χ2n) is 3.88. The molecule has 1 aromatic carbocycles. The molecule has 0 aliphatic heterocycles. The van der Waals surface area contributed by atoms with Gasteiger partial charge in [-0.2, -0.15) is 5.10 Å². The summed E-state index contributed by atoms with van der Waals surface area (Å²) in [6.45, 7) is 0. The lowest BCUT2D eigenvalue weighted by Gasteiger charge is -2.04. The third-order valence-electron chi connectivity index (χ3n) is 2.63. The number of aromatic nitrogens is 2. The van der Waals surface area contributed by atoms with Crippen molar-refractivity contribution in [3.63, 3.8) is 0 Å². The van der Waals surface area contributed by atoms with Gasteiger partial charge in [0.25, 0.3) is 0 Å². The van der Waals surface area contributed by atoms with E-state index in [4.69, 9.17) is 10.8 Å². The van der Waals surface area contributed by atoms with E-state index in [1.807, 2.05) is 0 Å². The summed E-state index contributed by atoms with van der Waals surface area (Å²) in [6.07, 6.45) is 1.35. The number of nitrogens with zero attached hydrogens (tertiary/aromatic N) is 2. The third-order valence-corrected chi connectivity index (χ3v) is 4.06. The van der Waals surface area contributed by atoms with Crippen molar-refractivity contribution in [3.8, 4) is 5.69 Å². The number of benzene rings is 1. The van der Waals surface area contributed by atoms with E-state index in [-0.39, 0.29) is 16.3 Å². The average Bonchev–Trinajstić information content (AvgIpc) is 2.81. The fraction of sp³-hybridized carbons (Fsp3) is 0.0909. The highest BCUT2D eigenvalue weighted by Crippen LogP contribution is 2.16. The second kappa shape index (κ2) is 4.94. The number of carboxylic acid groups (broad SMARTS) is 1. The second-order valence-corrected chi connectivity index (χ2v) is 5.77. The highest BCUT2D eigenvalue weighted by Gasteiger charge is 2.15. The standard InChI is InChI=1S/C11H12N4O4S/c1-13-20(18,19)8-4-2-7(3-5-8)15-6-9(12)10(14-15)11(16)17/h2-6,13H,12H2,1H3,(H,16,17). The largest absolute Gasteiger partial charge is 0.476 e. The molecule has 0 saturated heterocycles. The van der Waals surface area contributed by atoms with Gasteiger partial charge in [-0.1, -0.05) is 0 Å². The van der Waals surface area contributed by atoms with E-state index < -0.39 is 16.0 Å². The zero-order valence-electron chi connectivity index (χ0n) is 10.4. The van der Waals surface area contributed by atoms with Crippen molar-refractivity contribution in [2.24, 2.45) is 0 Å². The lowest BCUT2D eigenvalue weighted by Crippen LogP contribution is -2.18. The third kappa shape index (κ3) is 2.49. The van der Waals surface area contributed by atoms with Crippen molar-refractivity contribution in [3.05, 3.63) is 36.2 Å². The minimum Gasteiger partial charge on any atom is -0.476 e. The summed E-state index contributed by atoms with van der Waals surface area (Å²) in [5.41, 5.74) is 5.81. The normalized spacial score (nSPS) is 11.4. The van der Waals surface area contributed by atoms with Gasteiger partial charge in [-0.15, -0.1) is 0 Å². The van der Waals surface area contributed by atoms with Gasteiger partial charge in [-0.3, -0.25) is 0 Å². The van der Waals surface area contributed by atoms with Crippen molar-refractivity contribution < 1.29 is 18.3 Å². The zero-order valence-corrected chi connectivity index (χ0v) is 11.3. The summed E-state index contributed by atoms with van der Waals surface area (Å²) >= 11 is 0. The number of anilines is 1. The Hall–Kier alpha value is -2.39. The number of nitrogens with one attached hydrogen (secondary N) is 1. The van der Waals surface area contributed by atoms with E-state index in [0.29, 0.717) is 5.69 Å². The first-order valence-corrected chi connectivity index (χ1v) is 6.96. The molecule has 0 fully saturated rings. The van der Waals surface area contributed by atoms with Gasteiger partial charge >= 0.3 is 5.97 Å². The Morgan fingerprint density at radius 3 is 2.40 bits per heavy atom. The number of carboxylic acids is 1. The van der Waals surface area contributed by atoms with Gasteiger partial charge in [0.15, 0.2) is 5.69 Å². The van der Waals surface area contributed by atoms with Crippen LogP contribution in [0.1, 0.15) is 10.5 Å². The molecule has 0 unspecified atom stereocenters. The van der Waals surface area contributed by atoms with Crippen LogP contribution in [0.3, 0.4) is 0 Å². The van der Waals surface area contributed by atoms with Crippen LogP contribution in [0, 0.1) is 0 Å². The summed E-state index contributed by atoms with van der Waals surface area (Å²) in [7, 11) is -2.20. The molecule has 0 saturated carbocycles. The van der Waals surface area contributed by atoms with E-state index in [1.54, 1.807) is 0 Å². The molecule has 1 aromatic heterocycles. The van der Waals surface area contributed by atoms with Crippen LogP contribution in [0.15, 0.2) is 35.4 Å². The SMILES string of the molecule is CNS(=O)(=O)c1ccc(-n2cc(N)c(C(=O)O)n2)cc1. The van der Waals surface area contributed by atoms with E-state index in [1.165, 1.54) is 42.2 Å². The van der Waals surface area contributed by atoms with Crippen molar-refractivity contribution in [2.75, 3.05) is 12.8 Å². The molecule has 0 radical (unpaired) electrons. The maximum Gasteiger partial charge on any atom is 0.358 e. The molecule has 0 amide bonds. The summed E-state index contributed by atoms with van der Waals surface area (Å²) in [5.74, 6) is -1.23. The topological polar surface area (TPSA) is 127 Å². The monoisotopic (exact) mass is 296 g/mol. The van der Waals surface area contributed by atoms with E-state index >= 15 is 0 Å². The Balaban J connectivity index is 2.40. The van der Waals surface area contributed by atoms with Crippen LogP contribution in [0.5, 0.6) is 0 Å². The molecule has 106 valence electrons. The molecule has 2 aromatic rings. The summed E-state index contributed by atoms with van der Waals surface area (Å²) < 4.78 is 26.6. The highest BCUT2D eigenvalue weighted by molar-refractivity contribution is 7.89. The summed E-state index contributed by atoms with van der Waals surface area (Å²) in [6, 6.07) is 5.78. The van der Waals surface area contributed by atoms with Crippen LogP contribution in [0.25, 0.3) is 5.69 Å². The quantitative estimate of drug-likeness (QED) is 0.732. The van der Waals surface area contributed by atoms with Crippen LogP contribution in [0.2, 0.25) is 0 Å². The lowest BCUT2D eigenvalue weighted by atomic mass is 10.3. The molecular formula is C11H12N4O4S. The predicted octanol–water partition coefficient (Wildman–Crippen LogP) is 0.0608. The molecule has 0 atom stereocenters. The van der Waals surface area contributed by atoms with Crippen molar-refractivity contribution in [1.82, 2.24) is 14.5 Å². The molecule has 1 heterocycles. The first kappa shape index (κ1) is 14.0. The Kier molecular flexibility index (Phi) is 3.47. The van der Waals surface area contributed by atoms with Crippen molar-refractivity contribution in [1.29, 1.82) is 0 Å². The molecule has 2 rings (SSSR count). The number of hydrogen-bond donors (Lipinski definition) is 3. The van der Waals surface area contributed by atoms with Crippen LogP contribution < -0.4 is 10.5 Å². The van der Waals surface area contributed by atoms with Gasteiger partial charge in [-0.25, -0.2) is 22.6 Å². The zero-order chi connectivity index (χ0) is 14.9. The van der Waals surface area contributed by atoms with Gasteiger partial charge in [0.05, 0.1) is 22.5 Å². The molecule has 0 aliphatic rings. The number of sulfonamides is 1. The molecule has 0 bridgehead atoms. The first-order chi connectivity index (χ1) is 9.35. The fourth-order valence-corrected chi connectivity index (χ4v) is 2.31. The number of nitrogen functional groups attached to an aromatic ring is 1. The number of rotatable bonds is 4. The Morgan fingerprint density at radius 2 is 1.95 bits per heavy atom. The lowest BCUT2D eigenvalue weighted by molar-refractivity contribution is 0.0691. The van der Waals surface area contributed by atoms with Crippen molar-refractivity contribution in [2.45, 2.75) is 4.90 Å². The number of nitrogens with two attached hydrogens (primary N) is 1. The van der Waals surface area contributed by atoms with Gasteiger partial charge in [0.2, 0.25) is 10.0 Å². The van der Waals surface area contributed by atoms with Crippen LogP contribution in [-0.2, 0) is 10.0 Å². The van der Waals surface area contributed by atoms with Gasteiger partial charge < -0.3 is 10.8 Å². The minimum absolute atomic E-state index is 0.0319. The van der Waals surface area contributed by atoms with Gasteiger partial charge in [-0.05, 0) is 31.3 Å². The van der Waals surface area contributed by atoms with Crippen LogP contribution >= 0.6 is 0 Å². The maximum absolute atomic E-state index is 11.6. The Labute approximate surface area is 114 Å². The first-order valence-electron chi connectivity index (χ1n) is 5.47. The average molecular weight is 296 g/mol. The van der Waals surface area contributed by atoms with E-state index in [2.05, 4.69) is 9.82 Å². The van der Waals surface area contributed by atoms with Crippen molar-refractivity contribution >= 4 is 21.7 Å². The molecular weight excluding hydrogens is 284 g/mol. The Morgan fingerprint density at radius 1 is 1.35 bits per heavy atom.